The maximum atomic E-state index is 8.89. The van der Waals surface area contributed by atoms with Crippen molar-refractivity contribution in [1.29, 1.82) is 0 Å². The molecule has 2 atom stereocenters. The molecule has 4 nitrogen and oxygen atoms in total. The minimum atomic E-state index is -1.80. The Morgan fingerprint density at radius 1 is 0.781 bits per heavy atom. The molecule has 0 unspecified atom stereocenters. The molecule has 4 rings (SSSR count). The van der Waals surface area contributed by atoms with Gasteiger partial charge in [0, 0.05) is 0 Å². The summed E-state index contributed by atoms with van der Waals surface area (Å²) in [5.74, 6) is 0. The Hall–Kier alpha value is -1.50. The first-order valence-electron chi connectivity index (χ1n) is 11.9. The number of benzene rings is 2. The van der Waals surface area contributed by atoms with E-state index in [-0.39, 0.29) is 18.8 Å². The molecule has 2 aromatic rings. The topological polar surface area (TPSA) is 47.9 Å². The average Bonchev–Trinajstić information content (AvgIpc) is 3.38. The second kappa shape index (κ2) is 11.1. The fraction of sp³-hybridized carbons (Fsp3) is 0.556. The summed E-state index contributed by atoms with van der Waals surface area (Å²) in [6.45, 7) is 16.1. The predicted octanol–water partition coefficient (Wildman–Crippen LogP) is 6.70. The van der Waals surface area contributed by atoms with Crippen LogP contribution in [0.25, 0.3) is 0 Å². The van der Waals surface area contributed by atoms with Gasteiger partial charge in [0.1, 0.15) is 12.2 Å². The van der Waals surface area contributed by atoms with Gasteiger partial charge in [-0.05, 0) is 38.9 Å². The molecule has 176 valence electrons. The minimum absolute atomic E-state index is 0.0804. The van der Waals surface area contributed by atoms with Gasteiger partial charge in [-0.3, -0.25) is 0 Å². The third kappa shape index (κ3) is 5.18. The zero-order chi connectivity index (χ0) is 23.3. The Morgan fingerprint density at radius 2 is 1.22 bits per heavy atom. The van der Waals surface area contributed by atoms with Crippen molar-refractivity contribution in [3.8, 4) is 0 Å². The number of aliphatic hydroxyl groups excluding tert-OH is 1. The maximum Gasteiger partial charge on any atom is 0.200 e. The van der Waals surface area contributed by atoms with Crippen LogP contribution in [0, 0.1) is 0 Å². The molecule has 0 spiro atoms. The van der Waals surface area contributed by atoms with Crippen LogP contribution in [-0.2, 0) is 27.1 Å². The van der Waals surface area contributed by atoms with Gasteiger partial charge < -0.3 is 19.0 Å². The lowest BCUT2D eigenvalue weighted by Crippen LogP contribution is -2.48. The number of hydrogen-bond acceptors (Lipinski definition) is 4. The molecule has 0 saturated heterocycles. The number of fused-ring (bicyclic) bond motifs is 2. The quantitative estimate of drug-likeness (QED) is 0.471. The van der Waals surface area contributed by atoms with E-state index < -0.39 is 8.32 Å². The van der Waals surface area contributed by atoms with E-state index in [2.05, 4.69) is 65.8 Å². The van der Waals surface area contributed by atoms with Crippen molar-refractivity contribution in [3.05, 3.63) is 70.8 Å². The summed E-state index contributed by atoms with van der Waals surface area (Å²) in [7, 11) is -1.80. The number of rotatable bonds is 7. The molecule has 5 heteroatoms. The van der Waals surface area contributed by atoms with E-state index in [1.807, 2.05) is 24.3 Å². The standard InChI is InChI=1S/C18H30O2Si.C9H10O2/c1-13(2)21(14(3)4,15(5)6)20-12-18-17-10-8-7-9-16(17)11-19-18;10-5-9-8-4-2-1-3-7(8)6-11-9/h7-10,13-15,18H,11-12H2,1-6H3;1-4,9-10H,5-6H2/t18-;9-/m11/s1. The van der Waals surface area contributed by atoms with E-state index in [1.165, 1.54) is 16.7 Å². The summed E-state index contributed by atoms with van der Waals surface area (Å²) in [5.41, 5.74) is 6.83. The predicted molar refractivity (Wildman–Crippen MR) is 132 cm³/mol. The van der Waals surface area contributed by atoms with Crippen molar-refractivity contribution in [1.82, 2.24) is 0 Å². The third-order valence-corrected chi connectivity index (χ3v) is 13.1. The molecule has 32 heavy (non-hydrogen) atoms. The van der Waals surface area contributed by atoms with Crippen LogP contribution in [0.3, 0.4) is 0 Å². The second-order valence-corrected chi connectivity index (χ2v) is 15.3. The summed E-state index contributed by atoms with van der Waals surface area (Å²) in [4.78, 5) is 0. The normalized spacial score (nSPS) is 19.8. The van der Waals surface area contributed by atoms with Crippen LogP contribution < -0.4 is 0 Å². The van der Waals surface area contributed by atoms with Crippen LogP contribution in [0.4, 0.5) is 0 Å². The van der Waals surface area contributed by atoms with Gasteiger partial charge in [-0.1, -0.05) is 90.1 Å². The minimum Gasteiger partial charge on any atom is -0.413 e. The molecule has 0 saturated carbocycles. The Labute approximate surface area is 195 Å². The highest BCUT2D eigenvalue weighted by Gasteiger charge is 2.45. The SMILES string of the molecule is CC(C)[Si](OC[C@H]1OCc2ccccc21)(C(C)C)C(C)C.OC[C@H]1OCc2ccccc21. The van der Waals surface area contributed by atoms with Crippen LogP contribution in [-0.4, -0.2) is 26.6 Å². The summed E-state index contributed by atoms with van der Waals surface area (Å²) >= 11 is 0. The number of hydrogen-bond donors (Lipinski definition) is 1. The van der Waals surface area contributed by atoms with E-state index in [0.717, 1.165) is 12.2 Å². The Morgan fingerprint density at radius 3 is 1.69 bits per heavy atom. The van der Waals surface area contributed by atoms with Crippen molar-refractivity contribution in [2.45, 2.75) is 83.6 Å². The Kier molecular flexibility index (Phi) is 8.70. The van der Waals surface area contributed by atoms with Crippen molar-refractivity contribution in [2.24, 2.45) is 0 Å². The molecule has 2 aromatic carbocycles. The van der Waals surface area contributed by atoms with Gasteiger partial charge in [0.15, 0.2) is 8.32 Å². The Bertz CT molecular complexity index is 842. The van der Waals surface area contributed by atoms with Crippen molar-refractivity contribution >= 4 is 8.32 Å². The first-order chi connectivity index (χ1) is 15.3. The highest BCUT2D eigenvalue weighted by molar-refractivity contribution is 6.77. The van der Waals surface area contributed by atoms with Gasteiger partial charge in [-0.2, -0.15) is 0 Å². The molecule has 1 N–H and O–H groups in total. The monoisotopic (exact) mass is 456 g/mol. The fourth-order valence-corrected chi connectivity index (χ4v) is 11.0. The smallest absolute Gasteiger partial charge is 0.200 e. The van der Waals surface area contributed by atoms with Crippen LogP contribution in [0.1, 0.15) is 76.0 Å². The van der Waals surface area contributed by atoms with Crippen LogP contribution >= 0.6 is 0 Å². The molecule has 0 amide bonds. The zero-order valence-electron chi connectivity index (χ0n) is 20.5. The lowest BCUT2D eigenvalue weighted by atomic mass is 10.1. The largest absolute Gasteiger partial charge is 0.413 e. The summed E-state index contributed by atoms with van der Waals surface area (Å²) in [6.07, 6.45) is 0.0236. The molecule has 0 radical (unpaired) electrons. The van der Waals surface area contributed by atoms with Crippen LogP contribution in [0.2, 0.25) is 16.6 Å². The lowest BCUT2D eigenvalue weighted by Gasteiger charge is -2.42. The highest BCUT2D eigenvalue weighted by Crippen LogP contribution is 2.43. The van der Waals surface area contributed by atoms with Gasteiger partial charge in [0.25, 0.3) is 0 Å². The van der Waals surface area contributed by atoms with Crippen molar-refractivity contribution in [3.63, 3.8) is 0 Å². The van der Waals surface area contributed by atoms with E-state index in [4.69, 9.17) is 19.0 Å². The van der Waals surface area contributed by atoms with Crippen molar-refractivity contribution in [2.75, 3.05) is 13.2 Å². The molecular weight excluding hydrogens is 416 g/mol. The highest BCUT2D eigenvalue weighted by atomic mass is 28.4. The van der Waals surface area contributed by atoms with E-state index >= 15 is 0 Å². The molecule has 0 aliphatic carbocycles. The van der Waals surface area contributed by atoms with E-state index in [9.17, 15) is 0 Å². The van der Waals surface area contributed by atoms with Gasteiger partial charge >= 0.3 is 0 Å². The van der Waals surface area contributed by atoms with E-state index in [0.29, 0.717) is 29.8 Å². The number of ether oxygens (including phenoxy) is 2. The molecule has 2 aliphatic heterocycles. The molecule has 0 bridgehead atoms. The van der Waals surface area contributed by atoms with Crippen molar-refractivity contribution < 1.29 is 19.0 Å². The van der Waals surface area contributed by atoms with Gasteiger partial charge in [-0.15, -0.1) is 0 Å². The first kappa shape index (κ1) is 25.1. The van der Waals surface area contributed by atoms with Gasteiger partial charge in [0.2, 0.25) is 0 Å². The van der Waals surface area contributed by atoms with Gasteiger partial charge in [0.05, 0.1) is 26.4 Å². The summed E-state index contributed by atoms with van der Waals surface area (Å²) < 4.78 is 17.9. The molecule has 2 heterocycles. The van der Waals surface area contributed by atoms with Crippen LogP contribution in [0.5, 0.6) is 0 Å². The number of aliphatic hydroxyl groups is 1. The van der Waals surface area contributed by atoms with Crippen LogP contribution in [0.15, 0.2) is 48.5 Å². The second-order valence-electron chi connectivity index (χ2n) is 9.81. The Balaban J connectivity index is 0.000000219. The summed E-state index contributed by atoms with van der Waals surface area (Å²) in [5, 5.41) is 8.89. The maximum absolute atomic E-state index is 8.89. The van der Waals surface area contributed by atoms with E-state index in [1.54, 1.807) is 0 Å². The fourth-order valence-electron chi connectivity index (χ4n) is 5.53. The van der Waals surface area contributed by atoms with Gasteiger partial charge in [-0.25, -0.2) is 0 Å². The first-order valence-corrected chi connectivity index (χ1v) is 14.1. The molecule has 2 aliphatic rings. The molecule has 0 fully saturated rings. The summed E-state index contributed by atoms with van der Waals surface area (Å²) in [6, 6.07) is 16.5. The zero-order valence-corrected chi connectivity index (χ0v) is 21.5. The third-order valence-electron chi connectivity index (χ3n) is 7.04. The molecular formula is C27H40O4Si. The lowest BCUT2D eigenvalue weighted by molar-refractivity contribution is 0.0234. The molecule has 0 aromatic heterocycles. The average molecular weight is 457 g/mol.